The molecule has 3 aliphatic heterocycles. The molecule has 4 heteroatoms. The van der Waals surface area contributed by atoms with Crippen LogP contribution in [0.1, 0.15) is 44.5 Å². The molecule has 2 bridgehead atoms. The van der Waals surface area contributed by atoms with Gasteiger partial charge in [-0.3, -0.25) is 4.90 Å². The van der Waals surface area contributed by atoms with Gasteiger partial charge in [-0.2, -0.15) is 0 Å². The monoisotopic (exact) mass is 380 g/mol. The number of fused-ring (bicyclic) bond motifs is 6. The predicted octanol–water partition coefficient (Wildman–Crippen LogP) is 4.44. The quantitative estimate of drug-likeness (QED) is 0.684. The Kier molecular flexibility index (Phi) is 4.07. The van der Waals surface area contributed by atoms with E-state index in [4.69, 9.17) is 9.47 Å². The Labute approximate surface area is 168 Å². The van der Waals surface area contributed by atoms with E-state index in [1.807, 2.05) is 13.8 Å². The molecule has 0 N–H and O–H groups in total. The smallest absolute Gasteiger partial charge is 0.163 e. The van der Waals surface area contributed by atoms with E-state index >= 15 is 0 Å². The van der Waals surface area contributed by atoms with Crippen molar-refractivity contribution >= 4 is 10.9 Å². The Bertz CT molecular complexity index is 943. The lowest BCUT2D eigenvalue weighted by atomic mass is 9.69. The van der Waals surface area contributed by atoms with Gasteiger partial charge >= 0.3 is 0 Å². The van der Waals surface area contributed by atoms with Crippen LogP contribution in [-0.2, 0) is 22.9 Å². The maximum Gasteiger partial charge on any atom is 0.163 e. The molecule has 2 unspecified atom stereocenters. The van der Waals surface area contributed by atoms with Crippen molar-refractivity contribution in [2.45, 2.75) is 57.6 Å². The van der Waals surface area contributed by atoms with Crippen LogP contribution < -0.4 is 0 Å². The molecule has 4 heterocycles. The Morgan fingerprint density at radius 3 is 2.64 bits per heavy atom. The fraction of sp³-hybridized carbons (Fsp3) is 0.583. The zero-order chi connectivity index (χ0) is 19.8. The molecule has 150 valence electrons. The summed E-state index contributed by atoms with van der Waals surface area (Å²) in [5.41, 5.74) is 5.72. The van der Waals surface area contributed by atoms with E-state index in [9.17, 15) is 0 Å². The van der Waals surface area contributed by atoms with Crippen LogP contribution in [0.4, 0.5) is 0 Å². The van der Waals surface area contributed by atoms with Crippen molar-refractivity contribution in [2.75, 3.05) is 13.7 Å². The second kappa shape index (κ2) is 6.19. The van der Waals surface area contributed by atoms with Gasteiger partial charge in [0.05, 0.1) is 18.8 Å². The first-order chi connectivity index (χ1) is 13.3. The molecule has 4 nitrogen and oxygen atoms in total. The molecule has 1 aromatic heterocycles. The molecule has 1 aromatic carbocycles. The molecule has 0 spiro atoms. The number of nitrogens with zero attached hydrogens (tertiary/aromatic N) is 2. The number of aromatic nitrogens is 1. The molecule has 0 radical (unpaired) electrons. The van der Waals surface area contributed by atoms with Gasteiger partial charge in [-0.05, 0) is 58.2 Å². The van der Waals surface area contributed by atoms with Crippen LogP contribution in [0.25, 0.3) is 10.9 Å². The van der Waals surface area contributed by atoms with Crippen LogP contribution in [0.2, 0.25) is 0 Å². The maximum atomic E-state index is 6.20. The Hall–Kier alpha value is -1.62. The summed E-state index contributed by atoms with van der Waals surface area (Å²) in [5, 5.41) is 1.41. The van der Waals surface area contributed by atoms with Crippen LogP contribution in [0.3, 0.4) is 0 Å². The zero-order valence-corrected chi connectivity index (χ0v) is 17.7. The second-order valence-corrected chi connectivity index (χ2v) is 9.46. The average Bonchev–Trinajstić information content (AvgIpc) is 2.91. The normalized spacial score (nSPS) is 35.2. The van der Waals surface area contributed by atoms with E-state index in [-0.39, 0.29) is 6.10 Å². The third kappa shape index (κ3) is 2.54. The molecule has 0 aliphatic carbocycles. The number of para-hydroxylation sites is 1. The molecule has 5 atom stereocenters. The first-order valence-electron chi connectivity index (χ1n) is 10.6. The molecule has 2 saturated heterocycles. The number of piperidine rings is 1. The van der Waals surface area contributed by atoms with Crippen molar-refractivity contribution in [1.82, 2.24) is 9.47 Å². The highest BCUT2D eigenvalue weighted by Crippen LogP contribution is 2.51. The van der Waals surface area contributed by atoms with Gasteiger partial charge < -0.3 is 14.0 Å². The predicted molar refractivity (Wildman–Crippen MR) is 112 cm³/mol. The number of hydrogen-bond acceptors (Lipinski definition) is 3. The van der Waals surface area contributed by atoms with Gasteiger partial charge in [-0.15, -0.1) is 0 Å². The minimum absolute atomic E-state index is 0.182. The van der Waals surface area contributed by atoms with E-state index in [1.54, 1.807) is 0 Å². The summed E-state index contributed by atoms with van der Waals surface area (Å²) in [5.74, 6) is 0.320. The van der Waals surface area contributed by atoms with Gasteiger partial charge in [0, 0.05) is 35.6 Å². The van der Waals surface area contributed by atoms with Gasteiger partial charge in [-0.25, -0.2) is 0 Å². The summed E-state index contributed by atoms with van der Waals surface area (Å²) in [6.07, 6.45) is 2.32. The molecular weight excluding hydrogens is 348 g/mol. The van der Waals surface area contributed by atoms with Crippen molar-refractivity contribution < 1.29 is 9.47 Å². The van der Waals surface area contributed by atoms with Crippen molar-refractivity contribution in [2.24, 2.45) is 18.9 Å². The van der Waals surface area contributed by atoms with Crippen LogP contribution >= 0.6 is 0 Å². The summed E-state index contributed by atoms with van der Waals surface area (Å²) in [6.45, 7) is 11.6. The maximum absolute atomic E-state index is 6.20. The highest BCUT2D eigenvalue weighted by Gasteiger charge is 2.48. The van der Waals surface area contributed by atoms with E-state index in [1.165, 1.54) is 27.7 Å². The molecule has 2 aromatic rings. The lowest BCUT2D eigenvalue weighted by Crippen LogP contribution is -2.54. The molecular formula is C24H32N2O2. The Morgan fingerprint density at radius 1 is 1.14 bits per heavy atom. The molecule has 0 saturated carbocycles. The van der Waals surface area contributed by atoms with Crippen molar-refractivity contribution in [3.8, 4) is 0 Å². The molecule has 5 rings (SSSR count). The lowest BCUT2D eigenvalue weighted by Gasteiger charge is -2.52. The summed E-state index contributed by atoms with van der Waals surface area (Å²) < 4.78 is 14.7. The number of likely N-dealkylation sites (N-methyl/N-ethyl adjacent to an activating group) is 1. The number of hydrogen-bond donors (Lipinski definition) is 0. The van der Waals surface area contributed by atoms with Gasteiger partial charge in [0.1, 0.15) is 0 Å². The fourth-order valence-electron chi connectivity index (χ4n) is 6.08. The zero-order valence-electron chi connectivity index (χ0n) is 17.7. The largest absolute Gasteiger partial charge is 0.350 e. The van der Waals surface area contributed by atoms with Gasteiger partial charge in [0.25, 0.3) is 0 Å². The van der Waals surface area contributed by atoms with Gasteiger partial charge in [0.15, 0.2) is 5.79 Å². The molecule has 3 aliphatic rings. The average molecular weight is 381 g/mol. The molecule has 0 amide bonds. The number of rotatable bonds is 1. The second-order valence-electron chi connectivity index (χ2n) is 9.46. The van der Waals surface area contributed by atoms with E-state index in [0.717, 1.165) is 19.4 Å². The number of aryl methyl sites for hydroxylation is 1. The van der Waals surface area contributed by atoms with Crippen LogP contribution in [0, 0.1) is 11.8 Å². The summed E-state index contributed by atoms with van der Waals surface area (Å²) in [6, 6.07) is 9.65. The van der Waals surface area contributed by atoms with E-state index in [2.05, 4.69) is 61.3 Å². The lowest BCUT2D eigenvalue weighted by molar-refractivity contribution is -0.294. The third-order valence-electron chi connectivity index (χ3n) is 7.55. The summed E-state index contributed by atoms with van der Waals surface area (Å²) in [4.78, 5) is 2.55. The van der Waals surface area contributed by atoms with Gasteiger partial charge in [0.2, 0.25) is 0 Å². The van der Waals surface area contributed by atoms with Crippen LogP contribution in [-0.4, -0.2) is 41.1 Å². The minimum atomic E-state index is -0.485. The summed E-state index contributed by atoms with van der Waals surface area (Å²) >= 11 is 0. The number of benzene rings is 1. The van der Waals surface area contributed by atoms with Gasteiger partial charge in [-0.1, -0.05) is 30.4 Å². The van der Waals surface area contributed by atoms with Crippen molar-refractivity contribution in [3.05, 3.63) is 47.7 Å². The highest BCUT2D eigenvalue weighted by atomic mass is 16.7. The minimum Gasteiger partial charge on any atom is -0.350 e. The Morgan fingerprint density at radius 2 is 1.89 bits per heavy atom. The SMILES string of the molecule is C=C1[C@H](C2COC(C)(C)OC2C)C[C@H]2c3c(c4ccccc4n3C)C[C@@H]1N2C. The number of ether oxygens (including phenoxy) is 2. The standard InChI is InChI=1S/C24H32N2O2/c1-14-17(19-13-27-24(3,4)28-15(19)2)11-22-23-18(12-21(14)25(22)5)16-9-7-8-10-20(16)26(23)6/h7-10,15,17,19,21-22H,1,11-13H2,2-6H3/t15?,17-,19?,21+,22+/m1/s1. The summed E-state index contributed by atoms with van der Waals surface area (Å²) in [7, 11) is 4.50. The molecule has 28 heavy (non-hydrogen) atoms. The van der Waals surface area contributed by atoms with Crippen molar-refractivity contribution in [3.63, 3.8) is 0 Å². The first kappa shape index (κ1) is 18.4. The fourth-order valence-corrected chi connectivity index (χ4v) is 6.08. The van der Waals surface area contributed by atoms with E-state index < -0.39 is 5.79 Å². The van der Waals surface area contributed by atoms with E-state index in [0.29, 0.717) is 23.9 Å². The van der Waals surface area contributed by atoms with Crippen LogP contribution in [0.15, 0.2) is 36.4 Å². The third-order valence-corrected chi connectivity index (χ3v) is 7.55. The highest BCUT2D eigenvalue weighted by molar-refractivity contribution is 5.86. The molecule has 2 fully saturated rings. The first-order valence-corrected chi connectivity index (χ1v) is 10.6. The van der Waals surface area contributed by atoms with Crippen LogP contribution in [0.5, 0.6) is 0 Å². The topological polar surface area (TPSA) is 26.6 Å². The van der Waals surface area contributed by atoms with Crippen molar-refractivity contribution in [1.29, 1.82) is 0 Å². The Balaban J connectivity index is 1.54.